The number of ether oxygens (including phenoxy) is 4. The molecule has 11 heteroatoms. The average molecular weight is 565 g/mol. The van der Waals surface area contributed by atoms with Crippen LogP contribution < -0.4 is 20.5 Å². The highest BCUT2D eigenvalue weighted by molar-refractivity contribution is 6.32. The minimum Gasteiger partial charge on any atom is -0.463 e. The van der Waals surface area contributed by atoms with Crippen LogP contribution in [0.5, 0.6) is 5.75 Å². The molecule has 0 radical (unpaired) electrons. The van der Waals surface area contributed by atoms with Crippen LogP contribution in [0.1, 0.15) is 44.6 Å². The average Bonchev–Trinajstić information content (AvgIpc) is 2.99. The zero-order valence-electron chi connectivity index (χ0n) is 22.2. The molecule has 2 atom stereocenters. The Morgan fingerprint density at radius 3 is 2.56 bits per heavy atom. The summed E-state index contributed by atoms with van der Waals surface area (Å²) in [6.07, 6.45) is 7.19. The molecule has 0 bridgehead atoms. The number of alkyl halides is 1. The van der Waals surface area contributed by atoms with Crippen molar-refractivity contribution in [2.24, 2.45) is 5.92 Å². The van der Waals surface area contributed by atoms with E-state index in [9.17, 15) is 9.18 Å². The lowest BCUT2D eigenvalue weighted by atomic mass is 9.89. The molecule has 5 rings (SSSR count). The summed E-state index contributed by atoms with van der Waals surface area (Å²) in [5.41, 5.74) is 1.35. The molecule has 1 N–H and O–H groups in total. The van der Waals surface area contributed by atoms with E-state index >= 15 is 0 Å². The second-order valence-corrected chi connectivity index (χ2v) is 10.9. The number of nitrogens with zero attached hydrogens (tertiary/aromatic N) is 3. The summed E-state index contributed by atoms with van der Waals surface area (Å²) < 4.78 is 36.3. The van der Waals surface area contributed by atoms with Gasteiger partial charge in [-0.15, -0.1) is 0 Å². The van der Waals surface area contributed by atoms with Gasteiger partial charge in [0.15, 0.2) is 0 Å². The molecule has 3 heterocycles. The van der Waals surface area contributed by atoms with Crippen molar-refractivity contribution in [3.8, 4) is 5.75 Å². The minimum atomic E-state index is -0.857. The van der Waals surface area contributed by atoms with Gasteiger partial charge in [-0.2, -0.15) is 5.10 Å². The van der Waals surface area contributed by atoms with Crippen LogP contribution in [0.2, 0.25) is 5.02 Å². The van der Waals surface area contributed by atoms with E-state index in [-0.39, 0.29) is 28.8 Å². The molecule has 1 aromatic heterocycles. The van der Waals surface area contributed by atoms with Crippen molar-refractivity contribution in [1.29, 1.82) is 0 Å². The third-order valence-corrected chi connectivity index (χ3v) is 8.27. The van der Waals surface area contributed by atoms with Crippen molar-refractivity contribution in [3.63, 3.8) is 0 Å². The van der Waals surface area contributed by atoms with E-state index in [2.05, 4.69) is 15.3 Å². The lowest BCUT2D eigenvalue weighted by molar-refractivity contribution is -0.0847. The van der Waals surface area contributed by atoms with Gasteiger partial charge in [0.2, 0.25) is 6.86 Å². The molecule has 3 aliphatic rings. The molecule has 2 unspecified atom stereocenters. The highest BCUT2D eigenvalue weighted by Gasteiger charge is 2.31. The van der Waals surface area contributed by atoms with Gasteiger partial charge in [-0.05, 0) is 68.7 Å². The smallest absolute Gasteiger partial charge is 0.287 e. The largest absolute Gasteiger partial charge is 0.463 e. The molecule has 1 aromatic carbocycles. The van der Waals surface area contributed by atoms with Gasteiger partial charge in [0, 0.05) is 31.4 Å². The molecule has 1 saturated carbocycles. The Hall–Kier alpha value is -2.40. The highest BCUT2D eigenvalue weighted by atomic mass is 35.5. The standard InChI is InChI=1S/C28H38ClFN4O5/c29-27-26(31-14-20-2-1-11-36-17-20)15-32-34(28(27)35)23-5-3-21(4-6-23)33(16-25-18-37-12-13-38-25)22-7-9-24(10-8-22)39-19-30/h7-10,15,20-21,23,25,31H,1-6,11-14,16-19H2. The van der Waals surface area contributed by atoms with Crippen molar-refractivity contribution in [2.75, 3.05) is 63.2 Å². The number of halogens is 2. The molecule has 214 valence electrons. The van der Waals surface area contributed by atoms with Gasteiger partial charge >= 0.3 is 0 Å². The predicted molar refractivity (Wildman–Crippen MR) is 148 cm³/mol. The number of nitrogens with one attached hydrogen (secondary N) is 1. The third-order valence-electron chi connectivity index (χ3n) is 7.91. The molecular formula is C28H38ClFN4O5. The molecule has 0 amide bonds. The number of anilines is 2. The Morgan fingerprint density at radius 2 is 1.87 bits per heavy atom. The number of aromatic nitrogens is 2. The van der Waals surface area contributed by atoms with Crippen LogP contribution in [0.25, 0.3) is 0 Å². The van der Waals surface area contributed by atoms with Crippen LogP contribution in [0.4, 0.5) is 15.8 Å². The first-order chi connectivity index (χ1) is 19.1. The van der Waals surface area contributed by atoms with E-state index in [4.69, 9.17) is 30.5 Å². The SMILES string of the molecule is O=c1c(Cl)c(NCC2CCCOC2)cnn1C1CCC(N(CC2COCCO2)c2ccc(OCF)cc2)CC1. The van der Waals surface area contributed by atoms with Crippen molar-refractivity contribution in [3.05, 3.63) is 45.8 Å². The van der Waals surface area contributed by atoms with E-state index < -0.39 is 6.86 Å². The summed E-state index contributed by atoms with van der Waals surface area (Å²) in [5.74, 6) is 0.906. The Balaban J connectivity index is 1.23. The maximum absolute atomic E-state index is 13.1. The Bertz CT molecular complexity index is 1100. The first-order valence-corrected chi connectivity index (χ1v) is 14.3. The van der Waals surface area contributed by atoms with Crippen molar-refractivity contribution < 1.29 is 23.3 Å². The van der Waals surface area contributed by atoms with Gasteiger partial charge < -0.3 is 29.2 Å². The zero-order valence-corrected chi connectivity index (χ0v) is 23.0. The van der Waals surface area contributed by atoms with Gasteiger partial charge in [0.05, 0.1) is 50.5 Å². The topological polar surface area (TPSA) is 87.1 Å². The summed E-state index contributed by atoms with van der Waals surface area (Å²) in [7, 11) is 0. The summed E-state index contributed by atoms with van der Waals surface area (Å²) in [6.45, 7) is 3.85. The normalized spacial score (nSPS) is 25.7. The van der Waals surface area contributed by atoms with Crippen molar-refractivity contribution in [1.82, 2.24) is 9.78 Å². The molecule has 3 fully saturated rings. The first-order valence-electron chi connectivity index (χ1n) is 14.0. The van der Waals surface area contributed by atoms with Crippen LogP contribution in [0, 0.1) is 5.92 Å². The minimum absolute atomic E-state index is 0.0107. The van der Waals surface area contributed by atoms with Crippen LogP contribution in [-0.2, 0) is 14.2 Å². The van der Waals surface area contributed by atoms with Crippen LogP contribution in [0.15, 0.2) is 35.3 Å². The first kappa shape index (κ1) is 28.1. The molecular weight excluding hydrogens is 527 g/mol. The quantitative estimate of drug-likeness (QED) is 0.453. The Labute approximate surface area is 233 Å². The van der Waals surface area contributed by atoms with Crippen molar-refractivity contribution >= 4 is 23.0 Å². The van der Waals surface area contributed by atoms with E-state index in [1.54, 1.807) is 23.0 Å². The Kier molecular flexibility index (Phi) is 9.95. The van der Waals surface area contributed by atoms with E-state index in [0.29, 0.717) is 50.3 Å². The highest BCUT2D eigenvalue weighted by Crippen LogP contribution is 2.34. The summed E-state index contributed by atoms with van der Waals surface area (Å²) in [6, 6.07) is 7.73. The van der Waals surface area contributed by atoms with Crippen molar-refractivity contribution in [2.45, 2.75) is 56.7 Å². The fourth-order valence-electron chi connectivity index (χ4n) is 5.79. The number of benzene rings is 1. The van der Waals surface area contributed by atoms with Crippen LogP contribution in [-0.4, -0.2) is 74.9 Å². The van der Waals surface area contributed by atoms with Crippen LogP contribution >= 0.6 is 11.6 Å². The molecule has 2 aromatic rings. The number of hydrogen-bond donors (Lipinski definition) is 1. The van der Waals surface area contributed by atoms with Crippen LogP contribution in [0.3, 0.4) is 0 Å². The molecule has 0 spiro atoms. The van der Waals surface area contributed by atoms with Gasteiger partial charge in [-0.25, -0.2) is 9.07 Å². The lowest BCUT2D eigenvalue weighted by Crippen LogP contribution is -2.46. The maximum Gasteiger partial charge on any atom is 0.287 e. The summed E-state index contributed by atoms with van der Waals surface area (Å²) in [5, 5.41) is 8.00. The second kappa shape index (κ2) is 13.8. The zero-order chi connectivity index (χ0) is 27.0. The monoisotopic (exact) mass is 564 g/mol. The summed E-state index contributed by atoms with van der Waals surface area (Å²) >= 11 is 6.50. The maximum atomic E-state index is 13.1. The molecule has 2 aliphatic heterocycles. The molecule has 2 saturated heterocycles. The molecule has 39 heavy (non-hydrogen) atoms. The summed E-state index contributed by atoms with van der Waals surface area (Å²) in [4.78, 5) is 15.5. The second-order valence-electron chi connectivity index (χ2n) is 10.5. The Morgan fingerprint density at radius 1 is 1.08 bits per heavy atom. The van der Waals surface area contributed by atoms with Gasteiger partial charge in [0.25, 0.3) is 5.56 Å². The fourth-order valence-corrected chi connectivity index (χ4v) is 5.99. The molecule has 1 aliphatic carbocycles. The predicted octanol–water partition coefficient (Wildman–Crippen LogP) is 4.45. The fraction of sp³-hybridized carbons (Fsp3) is 0.643. The van der Waals surface area contributed by atoms with E-state index in [0.717, 1.165) is 57.4 Å². The van der Waals surface area contributed by atoms with Gasteiger partial charge in [-0.3, -0.25) is 4.79 Å². The van der Waals surface area contributed by atoms with E-state index in [1.807, 2.05) is 12.1 Å². The molecule has 9 nitrogen and oxygen atoms in total. The third kappa shape index (κ3) is 7.22. The number of rotatable bonds is 10. The lowest BCUT2D eigenvalue weighted by Gasteiger charge is -2.40. The van der Waals surface area contributed by atoms with E-state index in [1.165, 1.54) is 0 Å². The van der Waals surface area contributed by atoms with Gasteiger partial charge in [-0.1, -0.05) is 11.6 Å². The van der Waals surface area contributed by atoms with Gasteiger partial charge in [0.1, 0.15) is 10.8 Å². The number of hydrogen-bond acceptors (Lipinski definition) is 8.